The number of hydrogen-bond acceptors (Lipinski definition) is 1. The van der Waals surface area contributed by atoms with Crippen LogP contribution in [0.4, 0.5) is 5.69 Å². The number of carbonyl (C=O) groups excluding carboxylic acids is 1. The highest BCUT2D eigenvalue weighted by Crippen LogP contribution is 2.31. The van der Waals surface area contributed by atoms with E-state index in [2.05, 4.69) is 18.2 Å². The zero-order chi connectivity index (χ0) is 13.2. The molecule has 0 saturated carbocycles. The molecule has 2 nitrogen and oxygen atoms in total. The first-order chi connectivity index (χ1) is 9.25. The van der Waals surface area contributed by atoms with E-state index in [1.807, 2.05) is 48.2 Å². The minimum Gasteiger partial charge on any atom is -0.307 e. The van der Waals surface area contributed by atoms with Crippen LogP contribution >= 0.6 is 0 Å². The van der Waals surface area contributed by atoms with E-state index in [0.717, 1.165) is 12.1 Å². The third-order valence-electron chi connectivity index (χ3n) is 3.68. The molecular formula is C17H17NO. The molecule has 1 aliphatic heterocycles. The normalized spacial score (nSPS) is 18.3. The molecule has 1 aliphatic rings. The molecule has 1 heterocycles. The Labute approximate surface area is 113 Å². The van der Waals surface area contributed by atoms with Gasteiger partial charge in [-0.2, -0.15) is 0 Å². The van der Waals surface area contributed by atoms with Crippen molar-refractivity contribution in [3.63, 3.8) is 0 Å². The standard InChI is InChI=1S/C17H17NO/c1-13-11-15-9-5-6-10-16(15)18(17(13)19)12-14-7-3-2-4-8-14/h2-10,13H,11-12H2,1H3. The highest BCUT2D eigenvalue weighted by atomic mass is 16.2. The van der Waals surface area contributed by atoms with Gasteiger partial charge >= 0.3 is 0 Å². The van der Waals surface area contributed by atoms with Crippen LogP contribution in [0, 0.1) is 5.92 Å². The zero-order valence-electron chi connectivity index (χ0n) is 11.0. The number of hydrogen-bond donors (Lipinski definition) is 0. The van der Waals surface area contributed by atoms with E-state index in [1.54, 1.807) is 0 Å². The van der Waals surface area contributed by atoms with Crippen molar-refractivity contribution in [1.82, 2.24) is 0 Å². The lowest BCUT2D eigenvalue weighted by atomic mass is 9.93. The average Bonchev–Trinajstić information content (AvgIpc) is 2.45. The lowest BCUT2D eigenvalue weighted by Crippen LogP contribution is -2.39. The summed E-state index contributed by atoms with van der Waals surface area (Å²) in [5.74, 6) is 0.293. The van der Waals surface area contributed by atoms with Crippen molar-refractivity contribution < 1.29 is 4.79 Å². The van der Waals surface area contributed by atoms with Gasteiger partial charge in [-0.25, -0.2) is 0 Å². The first-order valence-corrected chi connectivity index (χ1v) is 6.69. The fourth-order valence-corrected chi connectivity index (χ4v) is 2.68. The number of carbonyl (C=O) groups is 1. The Balaban J connectivity index is 1.97. The topological polar surface area (TPSA) is 20.3 Å². The van der Waals surface area contributed by atoms with Crippen molar-refractivity contribution in [3.05, 3.63) is 65.7 Å². The summed E-state index contributed by atoms with van der Waals surface area (Å²) in [7, 11) is 0. The van der Waals surface area contributed by atoms with Crippen LogP contribution in [0.1, 0.15) is 18.1 Å². The molecule has 0 N–H and O–H groups in total. The minimum atomic E-state index is 0.0682. The lowest BCUT2D eigenvalue weighted by molar-refractivity contribution is -0.122. The van der Waals surface area contributed by atoms with Gasteiger partial charge in [0.1, 0.15) is 0 Å². The molecule has 2 heteroatoms. The number of fused-ring (bicyclic) bond motifs is 1. The Morgan fingerprint density at radius 1 is 1.05 bits per heavy atom. The predicted octanol–water partition coefficient (Wildman–Crippen LogP) is 3.41. The molecule has 1 amide bonds. The summed E-state index contributed by atoms with van der Waals surface area (Å²) >= 11 is 0. The van der Waals surface area contributed by atoms with E-state index >= 15 is 0 Å². The van der Waals surface area contributed by atoms with Gasteiger partial charge in [-0.1, -0.05) is 55.5 Å². The van der Waals surface area contributed by atoms with Crippen molar-refractivity contribution in [3.8, 4) is 0 Å². The van der Waals surface area contributed by atoms with Gasteiger partial charge in [0.2, 0.25) is 5.91 Å². The molecule has 0 aliphatic carbocycles. The number of para-hydroxylation sites is 1. The summed E-state index contributed by atoms with van der Waals surface area (Å²) in [6, 6.07) is 18.4. The summed E-state index contributed by atoms with van der Waals surface area (Å²) in [6.45, 7) is 2.66. The third-order valence-corrected chi connectivity index (χ3v) is 3.68. The molecule has 96 valence electrons. The van der Waals surface area contributed by atoms with Crippen molar-refractivity contribution in [2.45, 2.75) is 19.9 Å². The summed E-state index contributed by atoms with van der Waals surface area (Å²) in [5, 5.41) is 0. The molecule has 1 unspecified atom stereocenters. The molecule has 2 aromatic rings. The highest BCUT2D eigenvalue weighted by Gasteiger charge is 2.29. The van der Waals surface area contributed by atoms with E-state index in [9.17, 15) is 4.79 Å². The maximum absolute atomic E-state index is 12.4. The molecule has 19 heavy (non-hydrogen) atoms. The highest BCUT2D eigenvalue weighted by molar-refractivity contribution is 5.97. The molecule has 0 bridgehead atoms. The summed E-state index contributed by atoms with van der Waals surface area (Å²) in [5.41, 5.74) is 3.50. The van der Waals surface area contributed by atoms with Gasteiger partial charge in [0, 0.05) is 11.6 Å². The number of anilines is 1. The van der Waals surface area contributed by atoms with Gasteiger partial charge < -0.3 is 4.90 Å². The van der Waals surface area contributed by atoms with E-state index < -0.39 is 0 Å². The zero-order valence-corrected chi connectivity index (χ0v) is 11.0. The molecule has 0 spiro atoms. The smallest absolute Gasteiger partial charge is 0.230 e. The van der Waals surface area contributed by atoms with E-state index in [1.165, 1.54) is 11.1 Å². The minimum absolute atomic E-state index is 0.0682. The monoisotopic (exact) mass is 251 g/mol. The number of rotatable bonds is 2. The molecule has 1 atom stereocenters. The second-order valence-electron chi connectivity index (χ2n) is 5.14. The molecule has 2 aromatic carbocycles. The Hall–Kier alpha value is -2.09. The lowest BCUT2D eigenvalue weighted by Gasteiger charge is -2.33. The van der Waals surface area contributed by atoms with Crippen LogP contribution in [0.25, 0.3) is 0 Å². The maximum atomic E-state index is 12.4. The maximum Gasteiger partial charge on any atom is 0.230 e. The van der Waals surface area contributed by atoms with Crippen molar-refractivity contribution in [1.29, 1.82) is 0 Å². The SMILES string of the molecule is CC1Cc2ccccc2N(Cc2ccccc2)C1=O. The molecule has 0 fully saturated rings. The van der Waals surface area contributed by atoms with Crippen LogP contribution < -0.4 is 4.90 Å². The molecule has 0 radical (unpaired) electrons. The summed E-state index contributed by atoms with van der Waals surface area (Å²) < 4.78 is 0. The van der Waals surface area contributed by atoms with E-state index in [4.69, 9.17) is 0 Å². The summed E-state index contributed by atoms with van der Waals surface area (Å²) in [6.07, 6.45) is 0.848. The van der Waals surface area contributed by atoms with Crippen molar-refractivity contribution >= 4 is 11.6 Å². The fraction of sp³-hybridized carbons (Fsp3) is 0.235. The van der Waals surface area contributed by atoms with Crippen LogP contribution in [-0.2, 0) is 17.8 Å². The van der Waals surface area contributed by atoms with Crippen molar-refractivity contribution in [2.75, 3.05) is 4.90 Å². The second-order valence-corrected chi connectivity index (χ2v) is 5.14. The van der Waals surface area contributed by atoms with E-state index in [0.29, 0.717) is 6.54 Å². The Kier molecular flexibility index (Phi) is 3.08. The van der Waals surface area contributed by atoms with Crippen LogP contribution in [0.3, 0.4) is 0 Å². The molecule has 3 rings (SSSR count). The first-order valence-electron chi connectivity index (χ1n) is 6.69. The first kappa shape index (κ1) is 12.0. The van der Waals surface area contributed by atoms with Gasteiger partial charge in [-0.05, 0) is 23.6 Å². The third kappa shape index (κ3) is 2.26. The van der Waals surface area contributed by atoms with E-state index in [-0.39, 0.29) is 11.8 Å². The molecular weight excluding hydrogens is 234 g/mol. The average molecular weight is 251 g/mol. The van der Waals surface area contributed by atoms with Crippen LogP contribution in [0.2, 0.25) is 0 Å². The van der Waals surface area contributed by atoms with Crippen molar-refractivity contribution in [2.24, 2.45) is 5.92 Å². The van der Waals surface area contributed by atoms with Crippen LogP contribution in [0.15, 0.2) is 54.6 Å². The van der Waals surface area contributed by atoms with Gasteiger partial charge in [0.05, 0.1) is 6.54 Å². The fourth-order valence-electron chi connectivity index (χ4n) is 2.68. The van der Waals surface area contributed by atoms with Gasteiger partial charge in [0.25, 0.3) is 0 Å². The molecule has 0 aromatic heterocycles. The number of amides is 1. The summed E-state index contributed by atoms with van der Waals surface area (Å²) in [4.78, 5) is 14.3. The van der Waals surface area contributed by atoms with Crippen LogP contribution in [0.5, 0.6) is 0 Å². The Bertz CT molecular complexity index is 591. The largest absolute Gasteiger partial charge is 0.307 e. The van der Waals surface area contributed by atoms with Crippen LogP contribution in [-0.4, -0.2) is 5.91 Å². The van der Waals surface area contributed by atoms with Gasteiger partial charge in [0.15, 0.2) is 0 Å². The second kappa shape index (κ2) is 4.88. The molecule has 0 saturated heterocycles. The number of nitrogens with zero attached hydrogens (tertiary/aromatic N) is 1. The van der Waals surface area contributed by atoms with Gasteiger partial charge in [-0.3, -0.25) is 4.79 Å². The number of benzene rings is 2. The van der Waals surface area contributed by atoms with Gasteiger partial charge in [-0.15, -0.1) is 0 Å². The quantitative estimate of drug-likeness (QED) is 0.801. The Morgan fingerprint density at radius 3 is 2.53 bits per heavy atom. The predicted molar refractivity (Wildman–Crippen MR) is 76.9 cm³/mol. The Morgan fingerprint density at radius 2 is 1.74 bits per heavy atom.